The molecule has 0 bridgehead atoms. The molecule has 39 heavy (non-hydrogen) atoms. The number of aryl methyl sites for hydroxylation is 2. The molecule has 0 spiro atoms. The Balaban J connectivity index is 1.38. The number of hydrogen-bond acceptors (Lipinski definition) is 7. The molecule has 6 rings (SSSR count). The van der Waals surface area contributed by atoms with Crippen LogP contribution in [-0.4, -0.2) is 36.9 Å². The molecule has 204 valence electrons. The molecular formula is C30H36N6O3. The SMILES string of the molecule is CC[C@@H](c1nnnn1C1CCCCC1)N(Cc1ccc2c(c1)OCO2)Cc1cc2ccc(C)c(C)c2[nH]c1=O. The van der Waals surface area contributed by atoms with Crippen molar-refractivity contribution in [1.29, 1.82) is 0 Å². The van der Waals surface area contributed by atoms with Crippen molar-refractivity contribution in [1.82, 2.24) is 30.1 Å². The zero-order valence-corrected chi connectivity index (χ0v) is 22.9. The van der Waals surface area contributed by atoms with Crippen LogP contribution in [0.15, 0.2) is 41.2 Å². The van der Waals surface area contributed by atoms with Gasteiger partial charge < -0.3 is 14.5 Å². The van der Waals surface area contributed by atoms with Gasteiger partial charge in [0, 0.05) is 18.7 Å². The molecular weight excluding hydrogens is 492 g/mol. The number of ether oxygens (including phenoxy) is 2. The fourth-order valence-corrected chi connectivity index (χ4v) is 6.07. The van der Waals surface area contributed by atoms with E-state index in [1.54, 1.807) is 0 Å². The molecule has 1 saturated carbocycles. The molecule has 1 aliphatic heterocycles. The summed E-state index contributed by atoms with van der Waals surface area (Å²) in [6.07, 6.45) is 6.67. The van der Waals surface area contributed by atoms with Gasteiger partial charge in [0.15, 0.2) is 17.3 Å². The highest BCUT2D eigenvalue weighted by molar-refractivity contribution is 5.83. The van der Waals surface area contributed by atoms with Crippen LogP contribution in [0.3, 0.4) is 0 Å². The highest BCUT2D eigenvalue weighted by atomic mass is 16.7. The molecule has 1 atom stereocenters. The van der Waals surface area contributed by atoms with E-state index in [0.717, 1.165) is 69.7 Å². The van der Waals surface area contributed by atoms with E-state index in [1.807, 2.05) is 18.2 Å². The van der Waals surface area contributed by atoms with Gasteiger partial charge in [-0.2, -0.15) is 0 Å². The largest absolute Gasteiger partial charge is 0.454 e. The van der Waals surface area contributed by atoms with Gasteiger partial charge in [-0.3, -0.25) is 9.69 Å². The van der Waals surface area contributed by atoms with Crippen LogP contribution >= 0.6 is 0 Å². The summed E-state index contributed by atoms with van der Waals surface area (Å²) in [6, 6.07) is 12.5. The van der Waals surface area contributed by atoms with Gasteiger partial charge in [-0.05, 0) is 83.8 Å². The maximum Gasteiger partial charge on any atom is 0.252 e. The smallest absolute Gasteiger partial charge is 0.252 e. The fourth-order valence-electron chi connectivity index (χ4n) is 6.07. The number of hydrogen-bond donors (Lipinski definition) is 1. The quantitative estimate of drug-likeness (QED) is 0.322. The zero-order valence-electron chi connectivity index (χ0n) is 22.9. The van der Waals surface area contributed by atoms with E-state index < -0.39 is 0 Å². The van der Waals surface area contributed by atoms with E-state index in [4.69, 9.17) is 9.47 Å². The average molecular weight is 529 g/mol. The lowest BCUT2D eigenvalue weighted by Gasteiger charge is -2.32. The van der Waals surface area contributed by atoms with E-state index >= 15 is 0 Å². The van der Waals surface area contributed by atoms with Crippen molar-refractivity contribution in [3.8, 4) is 11.5 Å². The Morgan fingerprint density at radius 1 is 1.05 bits per heavy atom. The number of fused-ring (bicyclic) bond motifs is 2. The van der Waals surface area contributed by atoms with Crippen molar-refractivity contribution in [2.45, 2.75) is 84.5 Å². The molecule has 3 heterocycles. The van der Waals surface area contributed by atoms with Crippen molar-refractivity contribution in [2.24, 2.45) is 0 Å². The molecule has 2 aromatic heterocycles. The second-order valence-electron chi connectivity index (χ2n) is 10.9. The fraction of sp³-hybridized carbons (Fsp3) is 0.467. The lowest BCUT2D eigenvalue weighted by atomic mass is 9.95. The third-order valence-electron chi connectivity index (χ3n) is 8.39. The number of aromatic nitrogens is 5. The lowest BCUT2D eigenvalue weighted by Crippen LogP contribution is -2.33. The highest BCUT2D eigenvalue weighted by Gasteiger charge is 2.29. The molecule has 1 fully saturated rings. The number of tetrazole rings is 1. The Bertz CT molecular complexity index is 1540. The molecule has 0 unspecified atom stereocenters. The lowest BCUT2D eigenvalue weighted by molar-refractivity contribution is 0.155. The topological polar surface area (TPSA) is 98.2 Å². The summed E-state index contributed by atoms with van der Waals surface area (Å²) in [5, 5.41) is 14.2. The predicted octanol–water partition coefficient (Wildman–Crippen LogP) is 5.52. The van der Waals surface area contributed by atoms with E-state index in [0.29, 0.717) is 19.1 Å². The number of rotatable bonds is 8. The highest BCUT2D eigenvalue weighted by Crippen LogP contribution is 2.36. The van der Waals surface area contributed by atoms with Gasteiger partial charge >= 0.3 is 0 Å². The third kappa shape index (κ3) is 5.03. The molecule has 0 radical (unpaired) electrons. The second-order valence-corrected chi connectivity index (χ2v) is 10.9. The molecule has 0 amide bonds. The Morgan fingerprint density at radius 3 is 2.69 bits per heavy atom. The van der Waals surface area contributed by atoms with Gasteiger partial charge in [-0.1, -0.05) is 44.4 Å². The van der Waals surface area contributed by atoms with Crippen molar-refractivity contribution in [2.75, 3.05) is 6.79 Å². The Hall–Kier alpha value is -3.72. The van der Waals surface area contributed by atoms with Crippen molar-refractivity contribution < 1.29 is 9.47 Å². The van der Waals surface area contributed by atoms with Gasteiger partial charge in [0.25, 0.3) is 5.56 Å². The third-order valence-corrected chi connectivity index (χ3v) is 8.39. The molecule has 2 aliphatic rings. The first-order chi connectivity index (χ1) is 19.0. The number of nitrogens with zero attached hydrogens (tertiary/aromatic N) is 5. The summed E-state index contributed by atoms with van der Waals surface area (Å²) in [5.41, 5.74) is 4.91. The molecule has 1 N–H and O–H groups in total. The summed E-state index contributed by atoms with van der Waals surface area (Å²) in [4.78, 5) is 18.9. The van der Waals surface area contributed by atoms with E-state index in [9.17, 15) is 4.79 Å². The van der Waals surface area contributed by atoms with Gasteiger partial charge in [0.05, 0.1) is 17.6 Å². The van der Waals surface area contributed by atoms with Crippen LogP contribution in [0.1, 0.15) is 85.6 Å². The van der Waals surface area contributed by atoms with Crippen molar-refractivity contribution >= 4 is 10.9 Å². The Kier molecular flexibility index (Phi) is 7.08. The van der Waals surface area contributed by atoms with Crippen LogP contribution in [0, 0.1) is 13.8 Å². The van der Waals surface area contributed by atoms with Crippen molar-refractivity contribution in [3.05, 3.63) is 74.8 Å². The summed E-state index contributed by atoms with van der Waals surface area (Å²) in [5.74, 6) is 2.38. The van der Waals surface area contributed by atoms with Crippen LogP contribution in [-0.2, 0) is 13.1 Å². The first kappa shape index (κ1) is 25.6. The average Bonchev–Trinajstić information content (AvgIpc) is 3.62. The van der Waals surface area contributed by atoms with E-state index in [-0.39, 0.29) is 18.4 Å². The Morgan fingerprint density at radius 2 is 1.87 bits per heavy atom. The minimum Gasteiger partial charge on any atom is -0.454 e. The molecule has 9 heteroatoms. The summed E-state index contributed by atoms with van der Waals surface area (Å²) >= 11 is 0. The van der Waals surface area contributed by atoms with Crippen LogP contribution in [0.25, 0.3) is 10.9 Å². The van der Waals surface area contributed by atoms with Crippen LogP contribution < -0.4 is 15.0 Å². The minimum absolute atomic E-state index is 0.0615. The summed E-state index contributed by atoms with van der Waals surface area (Å²) < 4.78 is 13.2. The number of benzene rings is 2. The van der Waals surface area contributed by atoms with Gasteiger partial charge in [-0.15, -0.1) is 5.10 Å². The van der Waals surface area contributed by atoms with Gasteiger partial charge in [0.1, 0.15) is 0 Å². The number of aromatic amines is 1. The number of pyridine rings is 1. The van der Waals surface area contributed by atoms with Crippen LogP contribution in [0.5, 0.6) is 11.5 Å². The normalized spacial score (nSPS) is 16.3. The second kappa shape index (κ2) is 10.8. The standard InChI is InChI=1S/C30H36N6O3/c1-4-25(29-32-33-34-36(29)24-8-6-5-7-9-24)35(16-21-11-13-26-27(14-21)39-18-38-26)17-23-15-22-12-10-19(2)20(3)28(22)31-30(23)37/h10-15,24-25H,4-9,16-18H2,1-3H3,(H,31,37)/t25-/m0/s1. The van der Waals surface area contributed by atoms with Crippen LogP contribution in [0.4, 0.5) is 0 Å². The predicted molar refractivity (Wildman–Crippen MR) is 149 cm³/mol. The minimum atomic E-state index is -0.0674. The van der Waals surface area contributed by atoms with Crippen molar-refractivity contribution in [3.63, 3.8) is 0 Å². The van der Waals surface area contributed by atoms with Gasteiger partial charge in [-0.25, -0.2) is 4.68 Å². The molecule has 9 nitrogen and oxygen atoms in total. The first-order valence-electron chi connectivity index (χ1n) is 14.0. The molecule has 2 aromatic carbocycles. The first-order valence-corrected chi connectivity index (χ1v) is 14.0. The van der Waals surface area contributed by atoms with Gasteiger partial charge in [0.2, 0.25) is 6.79 Å². The van der Waals surface area contributed by atoms with E-state index in [2.05, 4.69) is 69.1 Å². The van der Waals surface area contributed by atoms with Crippen LogP contribution in [0.2, 0.25) is 0 Å². The molecule has 4 aromatic rings. The number of H-pyrrole nitrogens is 1. The maximum atomic E-state index is 13.4. The Labute approximate surface area is 228 Å². The monoisotopic (exact) mass is 528 g/mol. The summed E-state index contributed by atoms with van der Waals surface area (Å²) in [6.45, 7) is 7.59. The van der Waals surface area contributed by atoms with E-state index in [1.165, 1.54) is 19.3 Å². The summed E-state index contributed by atoms with van der Waals surface area (Å²) in [7, 11) is 0. The zero-order chi connectivity index (χ0) is 26.9. The maximum absolute atomic E-state index is 13.4. The molecule has 1 aliphatic carbocycles. The molecule has 0 saturated heterocycles. The number of nitrogens with one attached hydrogen (secondary N) is 1.